The van der Waals surface area contributed by atoms with Gasteiger partial charge in [0.25, 0.3) is 0 Å². The molecule has 3 rings (SSSR count). The maximum Gasteiger partial charge on any atom is 0.311 e. The van der Waals surface area contributed by atoms with E-state index in [4.69, 9.17) is 14.2 Å². The number of Topliss-reactive ketones (excluding diaryl/α,β-unsaturated/α-hetero) is 1. The lowest BCUT2D eigenvalue weighted by Crippen LogP contribution is -2.68. The predicted octanol–water partition coefficient (Wildman–Crippen LogP) is 2.39. The molecule has 0 aromatic heterocycles. The van der Waals surface area contributed by atoms with Crippen LogP contribution in [0.25, 0.3) is 0 Å². The highest BCUT2D eigenvalue weighted by atomic mass is 16.7. The summed E-state index contributed by atoms with van der Waals surface area (Å²) in [5, 5.41) is 0. The van der Waals surface area contributed by atoms with Crippen LogP contribution in [0.4, 0.5) is 0 Å². The third-order valence-electron chi connectivity index (χ3n) is 5.50. The van der Waals surface area contributed by atoms with Crippen molar-refractivity contribution in [2.24, 2.45) is 11.3 Å². The molecule has 3 aliphatic rings. The van der Waals surface area contributed by atoms with Crippen molar-refractivity contribution < 1.29 is 23.8 Å². The van der Waals surface area contributed by atoms with Crippen LogP contribution >= 0.6 is 0 Å². The molecule has 5 heteroatoms. The zero-order valence-electron chi connectivity index (χ0n) is 13.5. The smallest absolute Gasteiger partial charge is 0.311 e. The number of esters is 1. The first-order chi connectivity index (χ1) is 10.5. The minimum Gasteiger partial charge on any atom is -0.469 e. The lowest BCUT2D eigenvalue weighted by atomic mass is 9.61. The largest absolute Gasteiger partial charge is 0.469 e. The molecule has 5 unspecified atom stereocenters. The Morgan fingerprint density at radius 2 is 2.18 bits per heavy atom. The van der Waals surface area contributed by atoms with Gasteiger partial charge in [0.2, 0.25) is 0 Å². The van der Waals surface area contributed by atoms with E-state index in [1.165, 1.54) is 7.11 Å². The topological polar surface area (TPSA) is 61.8 Å². The van der Waals surface area contributed by atoms with Crippen LogP contribution in [0.2, 0.25) is 0 Å². The molecule has 2 bridgehead atoms. The average Bonchev–Trinajstić information content (AvgIpc) is 2.49. The van der Waals surface area contributed by atoms with Crippen molar-refractivity contribution in [3.05, 3.63) is 12.2 Å². The second-order valence-electron chi connectivity index (χ2n) is 6.77. The van der Waals surface area contributed by atoms with Gasteiger partial charge in [-0.2, -0.15) is 0 Å². The third-order valence-corrected chi connectivity index (χ3v) is 5.50. The van der Waals surface area contributed by atoms with E-state index >= 15 is 0 Å². The molecule has 5 nitrogen and oxygen atoms in total. The molecule has 0 aromatic rings. The molecule has 1 aliphatic carbocycles. The van der Waals surface area contributed by atoms with E-state index in [2.05, 4.69) is 0 Å². The van der Waals surface area contributed by atoms with Crippen molar-refractivity contribution in [2.75, 3.05) is 7.11 Å². The van der Waals surface area contributed by atoms with Gasteiger partial charge in [-0.1, -0.05) is 12.2 Å². The highest BCUT2D eigenvalue weighted by Gasteiger charge is 2.65. The van der Waals surface area contributed by atoms with Gasteiger partial charge in [-0.05, 0) is 26.7 Å². The quantitative estimate of drug-likeness (QED) is 0.579. The van der Waals surface area contributed by atoms with E-state index < -0.39 is 17.1 Å². The molecule has 0 radical (unpaired) electrons. The second kappa shape index (κ2) is 5.46. The van der Waals surface area contributed by atoms with Crippen LogP contribution in [0.1, 0.15) is 46.0 Å². The van der Waals surface area contributed by atoms with Gasteiger partial charge in [-0.3, -0.25) is 9.59 Å². The van der Waals surface area contributed by atoms with Crippen molar-refractivity contribution in [1.82, 2.24) is 0 Å². The maximum atomic E-state index is 12.6. The van der Waals surface area contributed by atoms with Gasteiger partial charge in [0.15, 0.2) is 5.79 Å². The van der Waals surface area contributed by atoms with Crippen molar-refractivity contribution in [3.8, 4) is 0 Å². The summed E-state index contributed by atoms with van der Waals surface area (Å²) in [7, 11) is 1.39. The Morgan fingerprint density at radius 1 is 1.41 bits per heavy atom. The molecule has 1 spiro atoms. The van der Waals surface area contributed by atoms with Crippen LogP contribution < -0.4 is 0 Å². The lowest BCUT2D eigenvalue weighted by molar-refractivity contribution is -0.382. The van der Waals surface area contributed by atoms with E-state index in [0.717, 1.165) is 6.42 Å². The van der Waals surface area contributed by atoms with E-state index in [1.807, 2.05) is 26.0 Å². The van der Waals surface area contributed by atoms with Crippen molar-refractivity contribution in [1.29, 1.82) is 0 Å². The second-order valence-corrected chi connectivity index (χ2v) is 6.77. The minimum absolute atomic E-state index is 0.124. The number of hydrogen-bond donors (Lipinski definition) is 0. The van der Waals surface area contributed by atoms with Gasteiger partial charge in [0.05, 0.1) is 30.7 Å². The summed E-state index contributed by atoms with van der Waals surface area (Å²) in [4.78, 5) is 24.8. The first kappa shape index (κ1) is 15.7. The number of carbonyl (C=O) groups is 2. The van der Waals surface area contributed by atoms with Crippen LogP contribution in [-0.2, 0) is 23.8 Å². The minimum atomic E-state index is -0.889. The molecule has 3 fully saturated rings. The third kappa shape index (κ3) is 2.14. The van der Waals surface area contributed by atoms with Crippen LogP contribution in [0, 0.1) is 11.3 Å². The van der Waals surface area contributed by atoms with Gasteiger partial charge in [-0.25, -0.2) is 0 Å². The van der Waals surface area contributed by atoms with Gasteiger partial charge >= 0.3 is 5.97 Å². The number of fused-ring (bicyclic) bond motifs is 1. The van der Waals surface area contributed by atoms with E-state index in [0.29, 0.717) is 25.7 Å². The van der Waals surface area contributed by atoms with E-state index in [9.17, 15) is 9.59 Å². The Bertz CT molecular complexity index is 513. The Hall–Kier alpha value is -1.20. The van der Waals surface area contributed by atoms with E-state index in [1.54, 1.807) is 0 Å². The zero-order chi connectivity index (χ0) is 16.0. The highest BCUT2D eigenvalue weighted by molar-refractivity contribution is 5.87. The number of rotatable bonds is 2. The van der Waals surface area contributed by atoms with Crippen molar-refractivity contribution in [3.63, 3.8) is 0 Å². The zero-order valence-corrected chi connectivity index (χ0v) is 13.5. The summed E-state index contributed by atoms with van der Waals surface area (Å²) in [6.45, 7) is 3.83. The Labute approximate surface area is 131 Å². The molecule has 0 aromatic carbocycles. The Morgan fingerprint density at radius 3 is 2.86 bits per heavy atom. The lowest BCUT2D eigenvalue weighted by Gasteiger charge is -2.59. The summed E-state index contributed by atoms with van der Waals surface area (Å²) in [5.74, 6) is -1.45. The molecule has 2 heterocycles. The number of ether oxygens (including phenoxy) is 3. The van der Waals surface area contributed by atoms with Crippen LogP contribution in [0.5, 0.6) is 0 Å². The molecule has 122 valence electrons. The summed E-state index contributed by atoms with van der Waals surface area (Å²) in [6.07, 6.45) is 6.62. The first-order valence-corrected chi connectivity index (χ1v) is 8.05. The SMILES string of the molecule is C/C=C/C1CC2OC3(CCCC(=O)C3(C)CC2C(=O)OC)O1. The first-order valence-electron chi connectivity index (χ1n) is 8.05. The Kier molecular flexibility index (Phi) is 3.89. The van der Waals surface area contributed by atoms with Crippen molar-refractivity contribution in [2.45, 2.75) is 63.9 Å². The number of hydrogen-bond acceptors (Lipinski definition) is 5. The molecule has 1 saturated carbocycles. The number of allylic oxidation sites excluding steroid dienone is 1. The average molecular weight is 308 g/mol. The van der Waals surface area contributed by atoms with Gasteiger partial charge < -0.3 is 14.2 Å². The number of methoxy groups -OCH3 is 1. The summed E-state index contributed by atoms with van der Waals surface area (Å²) in [6, 6.07) is 0. The fourth-order valence-electron chi connectivity index (χ4n) is 4.27. The summed E-state index contributed by atoms with van der Waals surface area (Å²) in [5.41, 5.74) is -0.777. The van der Waals surface area contributed by atoms with Crippen LogP contribution in [-0.4, -0.2) is 36.9 Å². The van der Waals surface area contributed by atoms with Gasteiger partial charge in [-0.15, -0.1) is 0 Å². The number of ketones is 1. The molecular formula is C17H24O5. The Balaban J connectivity index is 2.01. The van der Waals surface area contributed by atoms with E-state index in [-0.39, 0.29) is 24.0 Å². The van der Waals surface area contributed by atoms with Gasteiger partial charge in [0, 0.05) is 19.3 Å². The molecule has 22 heavy (non-hydrogen) atoms. The molecular weight excluding hydrogens is 284 g/mol. The van der Waals surface area contributed by atoms with Crippen LogP contribution in [0.15, 0.2) is 12.2 Å². The monoisotopic (exact) mass is 308 g/mol. The number of carbonyl (C=O) groups excluding carboxylic acids is 2. The summed E-state index contributed by atoms with van der Waals surface area (Å²) >= 11 is 0. The fourth-order valence-corrected chi connectivity index (χ4v) is 4.27. The standard InChI is InChI=1S/C17H24O5/c1-4-6-11-9-13-12(15(19)20-3)10-16(2)14(18)7-5-8-17(16,21-11)22-13/h4,6,11-13H,5,7-10H2,1-3H3/b6-4+. The highest BCUT2D eigenvalue weighted by Crippen LogP contribution is 2.57. The fraction of sp³-hybridized carbons (Fsp3) is 0.765. The summed E-state index contributed by atoms with van der Waals surface area (Å²) < 4.78 is 17.4. The molecule has 2 saturated heterocycles. The molecule has 2 aliphatic heterocycles. The van der Waals surface area contributed by atoms with Crippen LogP contribution in [0.3, 0.4) is 0 Å². The predicted molar refractivity (Wildman–Crippen MR) is 79.0 cm³/mol. The molecule has 5 atom stereocenters. The molecule has 0 amide bonds. The normalized spacial score (nSPS) is 44.7. The molecule has 0 N–H and O–H groups in total. The van der Waals surface area contributed by atoms with Crippen molar-refractivity contribution >= 4 is 11.8 Å². The maximum absolute atomic E-state index is 12.6. The van der Waals surface area contributed by atoms with Gasteiger partial charge in [0.1, 0.15) is 5.78 Å².